The molecule has 0 N–H and O–H groups in total. The van der Waals surface area contributed by atoms with Crippen molar-refractivity contribution < 1.29 is 34.8 Å². The van der Waals surface area contributed by atoms with Crippen molar-refractivity contribution in [1.29, 1.82) is 0 Å². The fourth-order valence-corrected chi connectivity index (χ4v) is 7.24. The van der Waals surface area contributed by atoms with Crippen molar-refractivity contribution in [2.75, 3.05) is 0 Å². The molecule has 10 heteroatoms. The van der Waals surface area contributed by atoms with Gasteiger partial charge in [0.25, 0.3) is 0 Å². The summed E-state index contributed by atoms with van der Waals surface area (Å²) in [5.41, 5.74) is 13.4. The molecule has 0 atom stereocenters. The number of rotatable bonds is 4. The summed E-state index contributed by atoms with van der Waals surface area (Å²) < 4.78 is 0. The summed E-state index contributed by atoms with van der Waals surface area (Å²) in [7, 11) is 0. The second-order valence-corrected chi connectivity index (χ2v) is 14.1. The van der Waals surface area contributed by atoms with Gasteiger partial charge in [-0.1, -0.05) is 119 Å². The molecule has 0 radical (unpaired) electrons. The number of hydrogen-bond acceptors (Lipinski definition) is 2. The van der Waals surface area contributed by atoms with E-state index in [4.69, 9.17) is 66.3 Å². The number of fused-ring (bicyclic) bond motifs is 8. The van der Waals surface area contributed by atoms with Crippen molar-refractivity contribution in [3.63, 3.8) is 0 Å². The first-order valence-electron chi connectivity index (χ1n) is 16.5. The fraction of sp³-hybridized carbons (Fsp3) is 0. The molecule has 3 aromatic heterocycles. The summed E-state index contributed by atoms with van der Waals surface area (Å²) >= 11 is 25.4. The molecule has 0 aliphatic carbocycles. The Bertz CT molecular complexity index is 2380. The monoisotopic (exact) mass is 980 g/mol. The first-order valence-corrected chi connectivity index (χ1v) is 18.0. The van der Waals surface area contributed by atoms with E-state index in [2.05, 4.69) is 0 Å². The van der Waals surface area contributed by atoms with Gasteiger partial charge in [-0.15, -0.1) is 22.1 Å². The van der Waals surface area contributed by atoms with Gasteiger partial charge in [0.1, 0.15) is 0 Å². The number of aromatic nitrogens is 4. The zero-order valence-electron chi connectivity index (χ0n) is 27.8. The number of halogens is 5. The largest absolute Gasteiger partial charge is 3.00 e. The van der Waals surface area contributed by atoms with Crippen molar-refractivity contribution in [3.05, 3.63) is 164 Å². The molecule has 0 saturated carbocycles. The third kappa shape index (κ3) is 7.25. The van der Waals surface area contributed by atoms with Crippen molar-refractivity contribution in [2.24, 2.45) is 0 Å². The minimum absolute atomic E-state index is 0. The summed E-state index contributed by atoms with van der Waals surface area (Å²) in [6.45, 7) is 0. The molecule has 0 fully saturated rings. The Kier molecular flexibility index (Phi) is 11.1. The Hall–Kier alpha value is -4.33. The SMILES string of the molecule is Clc1ccc(-c2c3nc(c(-c4ccc(Cl)cc4)c4ccc([n-]4)c(-c4ccc(Cl)cc4)c4nc(c(-c5ccc(Cl)cc5)c5ccc2[n-]5)C=C4)C=C3)cc1.[Au+3].[Cl-]. The van der Waals surface area contributed by atoms with Crippen LogP contribution in [0, 0.1) is 0 Å². The van der Waals surface area contributed by atoms with Gasteiger partial charge in [0.2, 0.25) is 0 Å². The molecule has 4 aromatic carbocycles. The topological polar surface area (TPSA) is 54.0 Å². The molecule has 2 aliphatic heterocycles. The Morgan fingerprint density at radius 2 is 0.519 bits per heavy atom. The van der Waals surface area contributed by atoms with Crippen LogP contribution < -0.4 is 22.4 Å². The van der Waals surface area contributed by atoms with Crippen LogP contribution in [0.5, 0.6) is 0 Å². The van der Waals surface area contributed by atoms with Crippen LogP contribution in [0.4, 0.5) is 0 Å². The summed E-state index contributed by atoms with van der Waals surface area (Å²) in [5, 5.41) is 2.58. The molecule has 0 saturated heterocycles. The smallest absolute Gasteiger partial charge is 1.00 e. The average molecular weight is 983 g/mol. The van der Waals surface area contributed by atoms with Gasteiger partial charge in [-0.3, -0.25) is 0 Å². The summed E-state index contributed by atoms with van der Waals surface area (Å²) in [6.07, 6.45) is 8.13. The van der Waals surface area contributed by atoms with Crippen LogP contribution in [0.15, 0.2) is 121 Å². The summed E-state index contributed by atoms with van der Waals surface area (Å²) in [6, 6.07) is 39.2. The maximum atomic E-state index is 6.36. The van der Waals surface area contributed by atoms with E-state index in [0.717, 1.165) is 89.4 Å². The minimum Gasteiger partial charge on any atom is -1.00 e. The molecule has 0 unspecified atom stereocenters. The van der Waals surface area contributed by atoms with Crippen LogP contribution in [0.2, 0.25) is 20.1 Å². The van der Waals surface area contributed by atoms with E-state index in [1.165, 1.54) is 0 Å². The summed E-state index contributed by atoms with van der Waals surface area (Å²) in [5.74, 6) is 0. The molecule has 2 aliphatic rings. The van der Waals surface area contributed by atoms with Crippen LogP contribution >= 0.6 is 46.4 Å². The molecule has 0 amide bonds. The van der Waals surface area contributed by atoms with Gasteiger partial charge in [0.05, 0.1) is 22.8 Å². The van der Waals surface area contributed by atoms with Gasteiger partial charge >= 0.3 is 22.4 Å². The Morgan fingerprint density at radius 3 is 0.722 bits per heavy atom. The van der Waals surface area contributed by atoms with Gasteiger partial charge in [0, 0.05) is 20.1 Å². The molecule has 266 valence electrons. The maximum absolute atomic E-state index is 6.36. The van der Waals surface area contributed by atoms with Crippen molar-refractivity contribution >= 4 is 92.8 Å². The molecule has 8 bridgehead atoms. The standard InChI is InChI=1S/C44H24Cl4N4.Au.ClH/c45-29-9-1-25(2-10-29)41-33-17-19-35(49-33)42(26-3-11-30(46)12-4-26)37-21-23-39(51-37)44(28-7-15-32(48)16-8-28)40-24-22-38(52-40)43(36-20-18-34(41)50-36)27-5-13-31(47)14-6-27;;/h1-24H;;1H/q-2;+3;/p-1. The predicted octanol–water partition coefficient (Wildman–Crippen LogP) is 10.2. The second-order valence-electron chi connectivity index (χ2n) is 12.4. The Balaban J connectivity index is 0.00000225. The van der Waals surface area contributed by atoms with Crippen molar-refractivity contribution in [2.45, 2.75) is 0 Å². The van der Waals surface area contributed by atoms with Crippen molar-refractivity contribution in [3.8, 4) is 44.5 Å². The van der Waals surface area contributed by atoms with Gasteiger partial charge in [0.15, 0.2) is 0 Å². The zero-order valence-corrected chi connectivity index (χ0v) is 33.8. The van der Waals surface area contributed by atoms with E-state index in [0.29, 0.717) is 20.1 Å². The second kappa shape index (κ2) is 15.8. The van der Waals surface area contributed by atoms with Crippen LogP contribution in [0.1, 0.15) is 22.8 Å². The molecule has 4 nitrogen and oxygen atoms in total. The predicted molar refractivity (Wildman–Crippen MR) is 219 cm³/mol. The van der Waals surface area contributed by atoms with Gasteiger partial charge < -0.3 is 22.4 Å². The molecule has 0 spiro atoms. The maximum Gasteiger partial charge on any atom is 3.00 e. The van der Waals surface area contributed by atoms with Gasteiger partial charge in [-0.05, 0) is 117 Å². The molecule has 5 heterocycles. The third-order valence-electron chi connectivity index (χ3n) is 9.14. The molecule has 9 rings (SSSR count). The van der Waals surface area contributed by atoms with Gasteiger partial charge in [-0.25, -0.2) is 9.97 Å². The van der Waals surface area contributed by atoms with Crippen molar-refractivity contribution in [1.82, 2.24) is 19.9 Å². The minimum atomic E-state index is 0. The summed E-state index contributed by atoms with van der Waals surface area (Å²) in [4.78, 5) is 21.1. The van der Waals surface area contributed by atoms with E-state index < -0.39 is 0 Å². The molecule has 54 heavy (non-hydrogen) atoms. The Labute approximate surface area is 353 Å². The fourth-order valence-electron chi connectivity index (χ4n) is 6.74. The van der Waals surface area contributed by atoms with E-state index >= 15 is 0 Å². The molecular weight excluding hydrogens is 959 g/mol. The van der Waals surface area contributed by atoms with Crippen LogP contribution in [0.25, 0.3) is 90.9 Å². The Morgan fingerprint density at radius 1 is 0.315 bits per heavy atom. The average Bonchev–Trinajstić information content (AvgIpc) is 3.99. The van der Waals surface area contributed by atoms with Crippen LogP contribution in [-0.4, -0.2) is 9.97 Å². The van der Waals surface area contributed by atoms with E-state index in [1.54, 1.807) is 0 Å². The van der Waals surface area contributed by atoms with Gasteiger partial charge in [-0.2, -0.15) is 0 Å². The van der Waals surface area contributed by atoms with E-state index in [9.17, 15) is 0 Å². The number of hydrogen-bond donors (Lipinski definition) is 0. The number of nitrogens with zero attached hydrogens (tertiary/aromatic N) is 4. The molecule has 7 aromatic rings. The first kappa shape index (κ1) is 38.0. The van der Waals surface area contributed by atoms with Crippen LogP contribution in [0.3, 0.4) is 0 Å². The van der Waals surface area contributed by atoms with Crippen LogP contribution in [-0.2, 0) is 22.4 Å². The quantitative estimate of drug-likeness (QED) is 0.165. The molecular formula is C44H24AuCl5N4. The van der Waals surface area contributed by atoms with E-state index in [-0.39, 0.29) is 34.8 Å². The van der Waals surface area contributed by atoms with E-state index in [1.807, 2.05) is 146 Å². The normalized spacial score (nSPS) is 11.6. The number of benzene rings is 4. The zero-order chi connectivity index (χ0) is 35.3. The third-order valence-corrected chi connectivity index (χ3v) is 10.1. The first-order chi connectivity index (χ1) is 25.4.